The van der Waals surface area contributed by atoms with Crippen molar-refractivity contribution in [2.24, 2.45) is 0 Å². The largest absolute Gasteiger partial charge is 0.492 e. The number of benzene rings is 2. The van der Waals surface area contributed by atoms with E-state index in [1.54, 1.807) is 0 Å². The van der Waals surface area contributed by atoms with Crippen LogP contribution < -0.4 is 4.74 Å². The van der Waals surface area contributed by atoms with Gasteiger partial charge in [0.2, 0.25) is 0 Å². The Labute approximate surface area is 147 Å². The quantitative estimate of drug-likeness (QED) is 0.482. The number of hydrogen-bond donors (Lipinski definition) is 0. The molecule has 0 fully saturated rings. The molecule has 1 nitrogen and oxygen atoms in total. The van der Waals surface area contributed by atoms with Crippen LogP contribution in [0.4, 0.5) is 0 Å². The van der Waals surface area contributed by atoms with Crippen LogP contribution in [0.2, 0.25) is 0 Å². The van der Waals surface area contributed by atoms with Crippen LogP contribution in [-0.4, -0.2) is 6.61 Å². The van der Waals surface area contributed by atoms with Crippen molar-refractivity contribution in [2.75, 3.05) is 6.61 Å². The molecule has 0 heterocycles. The van der Waals surface area contributed by atoms with Crippen LogP contribution in [0.25, 0.3) is 0 Å². The molecule has 0 aromatic heterocycles. The normalized spacial score (nSPS) is 12.2. The minimum atomic E-state index is -0.181. The molecule has 0 aliphatic heterocycles. The Bertz CT molecular complexity index is 628. The number of aryl methyl sites for hydroxylation is 1. The highest BCUT2D eigenvalue weighted by Crippen LogP contribution is 2.36. The van der Waals surface area contributed by atoms with Crippen molar-refractivity contribution in [1.82, 2.24) is 0 Å². The van der Waals surface area contributed by atoms with Gasteiger partial charge in [0.25, 0.3) is 0 Å². The molecule has 0 aliphatic rings. The Hall–Kier alpha value is -0.510. The Kier molecular flexibility index (Phi) is 6.15. The summed E-state index contributed by atoms with van der Waals surface area (Å²) < 4.78 is 7.65. The molecule has 1 unspecified atom stereocenters. The van der Waals surface area contributed by atoms with Crippen molar-refractivity contribution in [3.8, 4) is 5.75 Å². The summed E-state index contributed by atoms with van der Waals surface area (Å²) in [6.07, 6.45) is 0.990. The minimum absolute atomic E-state index is 0.181. The Morgan fingerprint density at radius 3 is 2.57 bits per heavy atom. The molecule has 1 atom stereocenters. The van der Waals surface area contributed by atoms with Crippen LogP contribution in [0.3, 0.4) is 0 Å². The molecular weight excluding hydrogens is 415 g/mol. The van der Waals surface area contributed by atoms with E-state index in [-0.39, 0.29) is 5.38 Å². The standard InChI is InChI=1S/C17H17Br2ClO/c1-3-8-21-16-7-5-12(9-15(16)19)17(20)14-10-13(18)6-4-11(14)2/h4-7,9-10,17H,3,8H2,1-2H3. The van der Waals surface area contributed by atoms with Gasteiger partial charge in [0.1, 0.15) is 5.75 Å². The summed E-state index contributed by atoms with van der Waals surface area (Å²) in [6.45, 7) is 4.88. The maximum Gasteiger partial charge on any atom is 0.133 e. The average Bonchev–Trinajstić information content (AvgIpc) is 2.47. The maximum absolute atomic E-state index is 6.66. The second-order valence-electron chi connectivity index (χ2n) is 4.90. The van der Waals surface area contributed by atoms with Crippen LogP contribution >= 0.6 is 43.5 Å². The summed E-state index contributed by atoms with van der Waals surface area (Å²) in [7, 11) is 0. The number of ether oxygens (including phenoxy) is 1. The SMILES string of the molecule is CCCOc1ccc(C(Cl)c2cc(Br)ccc2C)cc1Br. The van der Waals surface area contributed by atoms with Crippen LogP contribution in [0.1, 0.15) is 35.4 Å². The zero-order valence-corrected chi connectivity index (χ0v) is 15.9. The van der Waals surface area contributed by atoms with E-state index in [9.17, 15) is 0 Å². The lowest BCUT2D eigenvalue weighted by Crippen LogP contribution is -1.99. The zero-order valence-electron chi connectivity index (χ0n) is 12.0. The van der Waals surface area contributed by atoms with Gasteiger partial charge in [0.15, 0.2) is 0 Å². The molecule has 0 N–H and O–H groups in total. The van der Waals surface area contributed by atoms with E-state index in [1.165, 1.54) is 5.56 Å². The first-order valence-electron chi connectivity index (χ1n) is 6.85. The molecular formula is C17H17Br2ClO. The molecule has 0 radical (unpaired) electrons. The monoisotopic (exact) mass is 430 g/mol. The zero-order chi connectivity index (χ0) is 15.4. The highest BCUT2D eigenvalue weighted by molar-refractivity contribution is 9.10. The van der Waals surface area contributed by atoms with E-state index in [0.29, 0.717) is 6.61 Å². The van der Waals surface area contributed by atoms with E-state index >= 15 is 0 Å². The fourth-order valence-corrected chi connectivity index (χ4v) is 3.33. The summed E-state index contributed by atoms with van der Waals surface area (Å²) >= 11 is 13.7. The molecule has 0 saturated carbocycles. The molecule has 0 spiro atoms. The van der Waals surface area contributed by atoms with Gasteiger partial charge in [-0.05, 0) is 70.2 Å². The Morgan fingerprint density at radius 1 is 1.14 bits per heavy atom. The van der Waals surface area contributed by atoms with E-state index in [1.807, 2.05) is 24.3 Å². The first-order valence-corrected chi connectivity index (χ1v) is 8.87. The minimum Gasteiger partial charge on any atom is -0.492 e. The molecule has 0 amide bonds. The van der Waals surface area contributed by atoms with Crippen LogP contribution in [-0.2, 0) is 0 Å². The summed E-state index contributed by atoms with van der Waals surface area (Å²) in [5.41, 5.74) is 3.34. The van der Waals surface area contributed by atoms with Crippen LogP contribution in [0, 0.1) is 6.92 Å². The predicted octanol–water partition coefficient (Wildman–Crippen LogP) is 6.64. The van der Waals surface area contributed by atoms with Gasteiger partial charge in [0, 0.05) is 4.47 Å². The van der Waals surface area contributed by atoms with Crippen molar-refractivity contribution < 1.29 is 4.74 Å². The molecule has 2 aromatic carbocycles. The average molecular weight is 433 g/mol. The first kappa shape index (κ1) is 16.9. The highest BCUT2D eigenvalue weighted by atomic mass is 79.9. The number of halogens is 3. The topological polar surface area (TPSA) is 9.23 Å². The summed E-state index contributed by atoms with van der Waals surface area (Å²) in [5, 5.41) is -0.181. The third-order valence-electron chi connectivity index (χ3n) is 3.22. The van der Waals surface area contributed by atoms with Crippen molar-refractivity contribution in [3.05, 3.63) is 62.0 Å². The first-order chi connectivity index (χ1) is 10.0. The fraction of sp³-hybridized carbons (Fsp3) is 0.294. The highest BCUT2D eigenvalue weighted by Gasteiger charge is 2.15. The smallest absolute Gasteiger partial charge is 0.133 e. The van der Waals surface area contributed by atoms with E-state index < -0.39 is 0 Å². The molecule has 0 aliphatic carbocycles. The van der Waals surface area contributed by atoms with Crippen molar-refractivity contribution in [1.29, 1.82) is 0 Å². The van der Waals surface area contributed by atoms with Gasteiger partial charge in [0.05, 0.1) is 16.5 Å². The molecule has 4 heteroatoms. The number of alkyl halides is 1. The van der Waals surface area contributed by atoms with Crippen LogP contribution in [0.15, 0.2) is 45.3 Å². The number of hydrogen-bond acceptors (Lipinski definition) is 1. The Morgan fingerprint density at radius 2 is 1.90 bits per heavy atom. The van der Waals surface area contributed by atoms with Crippen molar-refractivity contribution in [2.45, 2.75) is 25.6 Å². The lowest BCUT2D eigenvalue weighted by Gasteiger charge is -2.15. The summed E-state index contributed by atoms with van der Waals surface area (Å²) in [4.78, 5) is 0. The fourth-order valence-electron chi connectivity index (χ4n) is 2.07. The number of rotatable bonds is 5. The lowest BCUT2D eigenvalue weighted by atomic mass is 10.00. The van der Waals surface area contributed by atoms with Crippen LogP contribution in [0.5, 0.6) is 5.75 Å². The van der Waals surface area contributed by atoms with E-state index in [4.69, 9.17) is 16.3 Å². The van der Waals surface area contributed by atoms with Gasteiger partial charge >= 0.3 is 0 Å². The maximum atomic E-state index is 6.66. The van der Waals surface area contributed by atoms with Crippen molar-refractivity contribution >= 4 is 43.5 Å². The second-order valence-corrected chi connectivity index (χ2v) is 7.11. The molecule has 2 rings (SSSR count). The van der Waals surface area contributed by atoms with Gasteiger partial charge in [-0.3, -0.25) is 0 Å². The van der Waals surface area contributed by atoms with Gasteiger partial charge in [-0.15, -0.1) is 11.6 Å². The van der Waals surface area contributed by atoms with Gasteiger partial charge < -0.3 is 4.74 Å². The second kappa shape index (κ2) is 7.66. The van der Waals surface area contributed by atoms with E-state index in [0.717, 1.165) is 32.2 Å². The molecule has 0 saturated heterocycles. The summed E-state index contributed by atoms with van der Waals surface area (Å²) in [6, 6.07) is 12.2. The van der Waals surface area contributed by atoms with Crippen molar-refractivity contribution in [3.63, 3.8) is 0 Å². The molecule has 112 valence electrons. The van der Waals surface area contributed by atoms with Gasteiger partial charge in [-0.1, -0.05) is 35.0 Å². The molecule has 21 heavy (non-hydrogen) atoms. The lowest BCUT2D eigenvalue weighted by molar-refractivity contribution is 0.315. The van der Waals surface area contributed by atoms with Gasteiger partial charge in [-0.2, -0.15) is 0 Å². The van der Waals surface area contributed by atoms with E-state index in [2.05, 4.69) is 57.8 Å². The third-order valence-corrected chi connectivity index (χ3v) is 4.82. The van der Waals surface area contributed by atoms with Gasteiger partial charge in [-0.25, -0.2) is 0 Å². The molecule has 2 aromatic rings. The summed E-state index contributed by atoms with van der Waals surface area (Å²) in [5.74, 6) is 0.857. The third kappa shape index (κ3) is 4.24. The predicted molar refractivity (Wildman–Crippen MR) is 96.5 cm³/mol. The Balaban J connectivity index is 2.29. The molecule has 0 bridgehead atoms.